The van der Waals surface area contributed by atoms with E-state index in [1.807, 2.05) is 12.1 Å². The summed E-state index contributed by atoms with van der Waals surface area (Å²) in [5, 5.41) is 8.86. The minimum absolute atomic E-state index is 0.269. The van der Waals surface area contributed by atoms with Crippen LogP contribution in [0.2, 0.25) is 0 Å². The first-order valence-electron chi connectivity index (χ1n) is 7.76. The second-order valence-electron chi connectivity index (χ2n) is 5.74. The SMILES string of the molecule is CC(=O)O[C@@H]1[C@H](OC(C)=O)[C@H]2CO[C@@H]1[C@H](Sc1ccc(C#N)cc1)O2. The number of hydrogen-bond acceptors (Lipinski definition) is 8. The van der Waals surface area contributed by atoms with Crippen molar-refractivity contribution in [3.63, 3.8) is 0 Å². The number of benzene rings is 1. The van der Waals surface area contributed by atoms with Crippen molar-refractivity contribution in [3.05, 3.63) is 29.8 Å². The minimum Gasteiger partial charge on any atom is -0.456 e. The Hall–Kier alpha value is -2.08. The van der Waals surface area contributed by atoms with Crippen molar-refractivity contribution >= 4 is 23.7 Å². The predicted octanol–water partition coefficient (Wildman–Crippen LogP) is 1.64. The van der Waals surface area contributed by atoms with Crippen LogP contribution in [-0.2, 0) is 28.5 Å². The van der Waals surface area contributed by atoms with Gasteiger partial charge in [0.05, 0.1) is 18.2 Å². The summed E-state index contributed by atoms with van der Waals surface area (Å²) in [6.07, 6.45) is -2.46. The van der Waals surface area contributed by atoms with Gasteiger partial charge in [0.2, 0.25) is 0 Å². The maximum atomic E-state index is 11.5. The molecule has 3 aliphatic rings. The van der Waals surface area contributed by atoms with Gasteiger partial charge in [-0.1, -0.05) is 11.8 Å². The Bertz CT molecular complexity index is 700. The lowest BCUT2D eigenvalue weighted by Gasteiger charge is -2.49. The Morgan fingerprint density at radius 3 is 2.40 bits per heavy atom. The molecule has 0 amide bonds. The summed E-state index contributed by atoms with van der Waals surface area (Å²) < 4.78 is 22.4. The number of fused-ring (bicyclic) bond motifs is 3. The second kappa shape index (κ2) is 7.44. The molecule has 7 nitrogen and oxygen atoms in total. The highest BCUT2D eigenvalue weighted by molar-refractivity contribution is 7.99. The van der Waals surface area contributed by atoms with Crippen molar-refractivity contribution in [2.24, 2.45) is 0 Å². The second-order valence-corrected chi connectivity index (χ2v) is 6.91. The topological polar surface area (TPSA) is 94.9 Å². The van der Waals surface area contributed by atoms with Gasteiger partial charge in [-0.2, -0.15) is 5.26 Å². The van der Waals surface area contributed by atoms with Crippen molar-refractivity contribution in [3.8, 4) is 6.07 Å². The molecule has 4 rings (SSSR count). The summed E-state index contributed by atoms with van der Waals surface area (Å²) in [7, 11) is 0. The lowest BCUT2D eigenvalue weighted by Crippen LogP contribution is -2.66. The molecule has 1 aromatic rings. The molecule has 3 heterocycles. The smallest absolute Gasteiger partial charge is 0.303 e. The molecule has 0 radical (unpaired) electrons. The Labute approximate surface area is 149 Å². The molecule has 3 aliphatic heterocycles. The van der Waals surface area contributed by atoms with E-state index in [4.69, 9.17) is 24.2 Å². The van der Waals surface area contributed by atoms with E-state index in [9.17, 15) is 9.59 Å². The molecular formula is C17H17NO6S. The van der Waals surface area contributed by atoms with Crippen LogP contribution in [0.15, 0.2) is 29.2 Å². The summed E-state index contributed by atoms with van der Waals surface area (Å²) in [5.74, 6) is -0.935. The number of hydrogen-bond donors (Lipinski definition) is 0. The zero-order valence-electron chi connectivity index (χ0n) is 13.7. The average molecular weight is 363 g/mol. The first-order chi connectivity index (χ1) is 12.0. The van der Waals surface area contributed by atoms with Crippen LogP contribution in [0.25, 0.3) is 0 Å². The highest BCUT2D eigenvalue weighted by Crippen LogP contribution is 2.40. The predicted molar refractivity (Wildman–Crippen MR) is 86.5 cm³/mol. The molecule has 0 spiro atoms. The van der Waals surface area contributed by atoms with E-state index >= 15 is 0 Å². The largest absolute Gasteiger partial charge is 0.456 e. The molecular weight excluding hydrogens is 346 g/mol. The number of rotatable bonds is 4. The van der Waals surface area contributed by atoms with Crippen LogP contribution >= 0.6 is 11.8 Å². The number of ether oxygens (including phenoxy) is 4. The molecule has 8 heteroatoms. The normalized spacial score (nSPS) is 30.4. The number of thioether (sulfide) groups is 1. The molecule has 25 heavy (non-hydrogen) atoms. The van der Waals surface area contributed by atoms with Gasteiger partial charge in [-0.15, -0.1) is 0 Å². The van der Waals surface area contributed by atoms with Crippen molar-refractivity contribution in [2.75, 3.05) is 6.61 Å². The van der Waals surface area contributed by atoms with Gasteiger partial charge in [0.25, 0.3) is 0 Å². The van der Waals surface area contributed by atoms with Crippen LogP contribution < -0.4 is 0 Å². The van der Waals surface area contributed by atoms with Crippen LogP contribution in [0.1, 0.15) is 19.4 Å². The molecule has 0 saturated carbocycles. The summed E-state index contributed by atoms with van der Waals surface area (Å²) in [6, 6.07) is 9.14. The first kappa shape index (κ1) is 17.7. The molecule has 1 aromatic carbocycles. The van der Waals surface area contributed by atoms with E-state index in [0.29, 0.717) is 5.56 Å². The molecule has 132 valence electrons. The van der Waals surface area contributed by atoms with Crippen LogP contribution in [0.4, 0.5) is 0 Å². The van der Waals surface area contributed by atoms with Gasteiger partial charge in [0, 0.05) is 18.7 Å². The third kappa shape index (κ3) is 3.95. The van der Waals surface area contributed by atoms with E-state index in [-0.39, 0.29) is 6.61 Å². The fraction of sp³-hybridized carbons (Fsp3) is 0.471. The van der Waals surface area contributed by atoms with Crippen LogP contribution in [-0.4, -0.2) is 48.4 Å². The number of esters is 2. The maximum absolute atomic E-state index is 11.5. The van der Waals surface area contributed by atoms with Gasteiger partial charge < -0.3 is 18.9 Å². The third-order valence-corrected chi connectivity index (χ3v) is 5.04. The van der Waals surface area contributed by atoms with Gasteiger partial charge in [0.15, 0.2) is 12.2 Å². The van der Waals surface area contributed by atoms with Gasteiger partial charge >= 0.3 is 11.9 Å². The molecule has 0 aliphatic carbocycles. The fourth-order valence-electron chi connectivity index (χ4n) is 2.89. The standard InChI is InChI=1S/C17H17NO6S/c1-9(19)22-14-13-8-21-16(15(14)23-10(2)20)17(24-13)25-12-5-3-11(7-18)4-6-12/h3-6,13-17H,8H2,1-2H3/t13-,14-,15-,16+,17+/m1/s1. The van der Waals surface area contributed by atoms with Crippen LogP contribution in [0.3, 0.4) is 0 Å². The van der Waals surface area contributed by atoms with Crippen molar-refractivity contribution in [2.45, 2.75) is 48.6 Å². The Morgan fingerprint density at radius 2 is 1.80 bits per heavy atom. The van der Waals surface area contributed by atoms with Crippen LogP contribution in [0, 0.1) is 11.3 Å². The molecule has 0 N–H and O–H groups in total. The maximum Gasteiger partial charge on any atom is 0.303 e. The molecule has 3 fully saturated rings. The summed E-state index contributed by atoms with van der Waals surface area (Å²) in [6.45, 7) is 2.87. The lowest BCUT2D eigenvalue weighted by molar-refractivity contribution is -0.283. The fourth-order valence-corrected chi connectivity index (χ4v) is 4.02. The van der Waals surface area contributed by atoms with Crippen molar-refractivity contribution in [1.82, 2.24) is 0 Å². The molecule has 0 unspecified atom stereocenters. The Kier molecular flexibility index (Phi) is 5.27. The Morgan fingerprint density at radius 1 is 1.16 bits per heavy atom. The van der Waals surface area contributed by atoms with E-state index in [0.717, 1.165) is 4.90 Å². The number of nitriles is 1. The van der Waals surface area contributed by atoms with Gasteiger partial charge in [-0.3, -0.25) is 9.59 Å². The zero-order chi connectivity index (χ0) is 18.0. The van der Waals surface area contributed by atoms with Gasteiger partial charge in [-0.05, 0) is 24.3 Å². The summed E-state index contributed by atoms with van der Waals surface area (Å²) in [4.78, 5) is 23.7. The van der Waals surface area contributed by atoms with Gasteiger partial charge in [-0.25, -0.2) is 0 Å². The van der Waals surface area contributed by atoms with E-state index in [2.05, 4.69) is 6.07 Å². The van der Waals surface area contributed by atoms with Crippen molar-refractivity contribution < 1.29 is 28.5 Å². The highest BCUT2D eigenvalue weighted by Gasteiger charge is 2.55. The summed E-state index contributed by atoms with van der Waals surface area (Å²) >= 11 is 1.41. The minimum atomic E-state index is -0.718. The monoisotopic (exact) mass is 363 g/mol. The van der Waals surface area contributed by atoms with Crippen LogP contribution in [0.5, 0.6) is 0 Å². The molecule has 5 atom stereocenters. The number of nitrogens with zero attached hydrogens (tertiary/aromatic N) is 1. The highest BCUT2D eigenvalue weighted by atomic mass is 32.2. The quantitative estimate of drug-likeness (QED) is 0.745. The van der Waals surface area contributed by atoms with E-state index in [1.54, 1.807) is 12.1 Å². The lowest BCUT2D eigenvalue weighted by atomic mass is 9.96. The summed E-state index contributed by atoms with van der Waals surface area (Å²) in [5.41, 5.74) is 0.155. The van der Waals surface area contributed by atoms with E-state index in [1.165, 1.54) is 25.6 Å². The average Bonchev–Trinajstić information content (AvgIpc) is 2.57. The van der Waals surface area contributed by atoms with E-state index < -0.39 is 41.8 Å². The third-order valence-electron chi connectivity index (χ3n) is 3.88. The molecule has 3 saturated heterocycles. The number of carbonyl (C=O) groups excluding carboxylic acids is 2. The molecule has 0 aromatic heterocycles. The Balaban J connectivity index is 1.77. The number of carbonyl (C=O) groups is 2. The van der Waals surface area contributed by atoms with Gasteiger partial charge in [0.1, 0.15) is 17.6 Å². The zero-order valence-corrected chi connectivity index (χ0v) is 14.5. The first-order valence-corrected chi connectivity index (χ1v) is 8.64. The molecule has 2 bridgehead atoms. The van der Waals surface area contributed by atoms with Crippen molar-refractivity contribution in [1.29, 1.82) is 5.26 Å².